The van der Waals surface area contributed by atoms with Crippen LogP contribution in [0.15, 0.2) is 78.9 Å². The van der Waals surface area contributed by atoms with Crippen LogP contribution in [0.2, 0.25) is 0 Å². The zero-order valence-electron chi connectivity index (χ0n) is 23.6. The maximum atomic E-state index is 13.9. The first-order valence-electron chi connectivity index (χ1n) is 13.5. The molecule has 7 nitrogen and oxygen atoms in total. The van der Waals surface area contributed by atoms with Crippen LogP contribution >= 0.6 is 0 Å². The highest BCUT2D eigenvalue weighted by Gasteiger charge is 2.30. The van der Waals surface area contributed by atoms with Crippen molar-refractivity contribution < 1.29 is 26.8 Å². The van der Waals surface area contributed by atoms with E-state index in [9.17, 15) is 26.8 Å². The van der Waals surface area contributed by atoms with Gasteiger partial charge in [0.05, 0.1) is 11.9 Å². The summed E-state index contributed by atoms with van der Waals surface area (Å²) in [7, 11) is -3.85. The van der Waals surface area contributed by atoms with Crippen molar-refractivity contribution in [3.8, 4) is 0 Å². The zero-order chi connectivity index (χ0) is 30.0. The monoisotopic (exact) mass is 585 g/mol. The lowest BCUT2D eigenvalue weighted by Crippen LogP contribution is -2.51. The Balaban J connectivity index is 1.86. The molecule has 0 aromatic heterocycles. The fraction of sp³-hybridized carbons (Fsp3) is 0.355. The van der Waals surface area contributed by atoms with Gasteiger partial charge in [-0.3, -0.25) is 13.9 Å². The SMILES string of the molecule is CC(C)CNC(=O)C(Cc1ccccc1)N(Cc1ccccc1)C(=O)CCCN(c1ccc(F)c(F)c1)S(C)(=O)=O. The van der Waals surface area contributed by atoms with Crippen LogP contribution in [0.1, 0.15) is 37.8 Å². The van der Waals surface area contributed by atoms with E-state index >= 15 is 0 Å². The Bertz CT molecular complexity index is 1400. The van der Waals surface area contributed by atoms with Gasteiger partial charge < -0.3 is 10.2 Å². The van der Waals surface area contributed by atoms with Gasteiger partial charge in [-0.15, -0.1) is 0 Å². The number of anilines is 1. The van der Waals surface area contributed by atoms with Crippen molar-refractivity contribution in [2.24, 2.45) is 5.92 Å². The standard InChI is InChI=1S/C31H37F2N3O4S/c1-23(2)21-34-31(38)29(19-24-11-6-4-7-12-24)35(22-25-13-8-5-9-14-25)30(37)15-10-18-36(41(3,39)40)26-16-17-27(32)28(33)20-26/h4-9,11-14,16-17,20,23,29H,10,15,18-19,21-22H2,1-3H3,(H,34,38). The second-order valence-electron chi connectivity index (χ2n) is 10.4. The third-order valence-corrected chi connectivity index (χ3v) is 7.69. The fourth-order valence-electron chi connectivity index (χ4n) is 4.40. The number of carbonyl (C=O) groups is 2. The van der Waals surface area contributed by atoms with Gasteiger partial charge in [0, 0.05) is 38.5 Å². The molecule has 0 aliphatic carbocycles. The van der Waals surface area contributed by atoms with Gasteiger partial charge in [0.15, 0.2) is 11.6 Å². The number of carbonyl (C=O) groups excluding carboxylic acids is 2. The maximum Gasteiger partial charge on any atom is 0.243 e. The van der Waals surface area contributed by atoms with Crippen LogP contribution in [-0.4, -0.2) is 50.5 Å². The Morgan fingerprint density at radius 3 is 2.05 bits per heavy atom. The Hall–Kier alpha value is -3.79. The van der Waals surface area contributed by atoms with E-state index in [1.165, 1.54) is 6.07 Å². The van der Waals surface area contributed by atoms with E-state index in [2.05, 4.69) is 5.32 Å². The summed E-state index contributed by atoms with van der Waals surface area (Å²) in [5, 5.41) is 2.96. The minimum absolute atomic E-state index is 0.0324. The molecule has 3 aromatic carbocycles. The van der Waals surface area contributed by atoms with Gasteiger partial charge in [-0.25, -0.2) is 17.2 Å². The number of nitrogens with one attached hydrogen (secondary N) is 1. The lowest BCUT2D eigenvalue weighted by molar-refractivity contribution is -0.141. The lowest BCUT2D eigenvalue weighted by Gasteiger charge is -2.32. The first-order chi connectivity index (χ1) is 19.5. The Kier molecular flexibility index (Phi) is 11.4. The number of hydrogen-bond acceptors (Lipinski definition) is 4. The molecule has 0 fully saturated rings. The fourth-order valence-corrected chi connectivity index (χ4v) is 5.36. The van der Waals surface area contributed by atoms with Gasteiger partial charge in [0.25, 0.3) is 0 Å². The van der Waals surface area contributed by atoms with Crippen molar-refractivity contribution in [3.63, 3.8) is 0 Å². The Morgan fingerprint density at radius 2 is 1.49 bits per heavy atom. The first kappa shape index (κ1) is 31.7. The smallest absolute Gasteiger partial charge is 0.243 e. The normalized spacial score (nSPS) is 12.1. The number of sulfonamides is 1. The van der Waals surface area contributed by atoms with Crippen molar-refractivity contribution in [3.05, 3.63) is 102 Å². The van der Waals surface area contributed by atoms with Gasteiger partial charge in [-0.05, 0) is 35.6 Å². The Labute approximate surface area is 241 Å². The second kappa shape index (κ2) is 14.7. The quantitative estimate of drug-likeness (QED) is 0.291. The summed E-state index contributed by atoms with van der Waals surface area (Å²) in [6.07, 6.45) is 1.30. The lowest BCUT2D eigenvalue weighted by atomic mass is 10.0. The topological polar surface area (TPSA) is 86.8 Å². The van der Waals surface area contributed by atoms with Crippen LogP contribution in [0.25, 0.3) is 0 Å². The van der Waals surface area contributed by atoms with E-state index in [-0.39, 0.29) is 49.4 Å². The van der Waals surface area contributed by atoms with Crippen LogP contribution in [0, 0.1) is 17.6 Å². The molecule has 0 radical (unpaired) electrons. The zero-order valence-corrected chi connectivity index (χ0v) is 24.4. The highest BCUT2D eigenvalue weighted by molar-refractivity contribution is 7.92. The van der Waals surface area contributed by atoms with Crippen molar-refractivity contribution >= 4 is 27.5 Å². The molecule has 1 N–H and O–H groups in total. The summed E-state index contributed by atoms with van der Waals surface area (Å²) in [4.78, 5) is 28.8. The van der Waals surface area contributed by atoms with Crippen LogP contribution in [-0.2, 0) is 32.6 Å². The van der Waals surface area contributed by atoms with E-state index in [1.54, 1.807) is 4.90 Å². The van der Waals surface area contributed by atoms with Crippen LogP contribution < -0.4 is 9.62 Å². The minimum atomic E-state index is -3.85. The molecule has 3 rings (SSSR count). The summed E-state index contributed by atoms with van der Waals surface area (Å²) in [6.45, 7) is 4.48. The molecule has 1 unspecified atom stereocenters. The van der Waals surface area contributed by atoms with Crippen molar-refractivity contribution in [1.29, 1.82) is 0 Å². The van der Waals surface area contributed by atoms with E-state index in [1.807, 2.05) is 74.5 Å². The van der Waals surface area contributed by atoms with E-state index in [0.29, 0.717) is 13.0 Å². The van der Waals surface area contributed by atoms with E-state index in [4.69, 9.17) is 0 Å². The summed E-state index contributed by atoms with van der Waals surface area (Å²) in [6, 6.07) is 20.8. The third kappa shape index (κ3) is 9.67. The highest BCUT2D eigenvalue weighted by Crippen LogP contribution is 2.22. The summed E-state index contributed by atoms with van der Waals surface area (Å²) >= 11 is 0. The average Bonchev–Trinajstić information content (AvgIpc) is 2.93. The van der Waals surface area contributed by atoms with Crippen molar-refractivity contribution in [2.75, 3.05) is 23.7 Å². The molecule has 0 saturated carbocycles. The van der Waals surface area contributed by atoms with Crippen LogP contribution in [0.5, 0.6) is 0 Å². The van der Waals surface area contributed by atoms with Gasteiger partial charge in [-0.1, -0.05) is 74.5 Å². The van der Waals surface area contributed by atoms with Gasteiger partial charge in [-0.2, -0.15) is 0 Å². The largest absolute Gasteiger partial charge is 0.354 e. The third-order valence-electron chi connectivity index (χ3n) is 6.49. The number of halogens is 2. The van der Waals surface area contributed by atoms with E-state index in [0.717, 1.165) is 33.8 Å². The molecule has 2 amide bonds. The van der Waals surface area contributed by atoms with Crippen molar-refractivity contribution in [1.82, 2.24) is 10.2 Å². The number of benzene rings is 3. The van der Waals surface area contributed by atoms with E-state index < -0.39 is 27.7 Å². The Morgan fingerprint density at radius 1 is 0.878 bits per heavy atom. The molecule has 1 atom stereocenters. The van der Waals surface area contributed by atoms with Crippen LogP contribution in [0.3, 0.4) is 0 Å². The molecule has 0 aliphatic rings. The molecule has 0 bridgehead atoms. The number of rotatable bonds is 14. The average molecular weight is 586 g/mol. The predicted octanol–water partition coefficient (Wildman–Crippen LogP) is 4.92. The molecule has 0 spiro atoms. The molecular weight excluding hydrogens is 548 g/mol. The molecule has 3 aromatic rings. The highest BCUT2D eigenvalue weighted by atomic mass is 32.2. The van der Waals surface area contributed by atoms with Gasteiger partial charge >= 0.3 is 0 Å². The molecular formula is C31H37F2N3O4S. The van der Waals surface area contributed by atoms with Crippen LogP contribution in [0.4, 0.5) is 14.5 Å². The second-order valence-corrected chi connectivity index (χ2v) is 12.3. The molecule has 0 heterocycles. The maximum absolute atomic E-state index is 13.9. The minimum Gasteiger partial charge on any atom is -0.354 e. The number of nitrogens with zero attached hydrogens (tertiary/aromatic N) is 2. The van der Waals surface area contributed by atoms with Gasteiger partial charge in [0.1, 0.15) is 6.04 Å². The molecule has 220 valence electrons. The van der Waals surface area contributed by atoms with Gasteiger partial charge in [0.2, 0.25) is 21.8 Å². The van der Waals surface area contributed by atoms with Crippen molar-refractivity contribution in [2.45, 2.75) is 45.7 Å². The molecule has 0 aliphatic heterocycles. The number of hydrogen-bond donors (Lipinski definition) is 1. The summed E-state index contributed by atoms with van der Waals surface area (Å²) < 4.78 is 53.2. The first-order valence-corrected chi connectivity index (χ1v) is 15.4. The summed E-state index contributed by atoms with van der Waals surface area (Å²) in [5.74, 6) is -2.64. The molecule has 10 heteroatoms. The molecule has 0 saturated heterocycles. The predicted molar refractivity (Wildman–Crippen MR) is 157 cm³/mol. The number of amides is 2. The molecule has 41 heavy (non-hydrogen) atoms. The summed E-state index contributed by atoms with van der Waals surface area (Å²) in [5.41, 5.74) is 1.70.